The summed E-state index contributed by atoms with van der Waals surface area (Å²) in [7, 11) is -1.56. The van der Waals surface area contributed by atoms with Gasteiger partial charge in [-0.15, -0.1) is 24.0 Å². The second-order valence-electron chi connectivity index (χ2n) is 5.87. The fourth-order valence-corrected chi connectivity index (χ4v) is 5.20. The van der Waals surface area contributed by atoms with Crippen LogP contribution in [-0.4, -0.2) is 69.4 Å². The van der Waals surface area contributed by atoms with E-state index in [2.05, 4.69) is 15.6 Å². The van der Waals surface area contributed by atoms with E-state index in [1.165, 1.54) is 0 Å². The van der Waals surface area contributed by atoms with Crippen molar-refractivity contribution in [2.45, 2.75) is 6.54 Å². The largest absolute Gasteiger partial charge is 0.454 e. The van der Waals surface area contributed by atoms with Crippen molar-refractivity contribution in [1.29, 1.82) is 0 Å². The van der Waals surface area contributed by atoms with E-state index in [0.29, 0.717) is 32.1 Å². The van der Waals surface area contributed by atoms with Gasteiger partial charge in [0.2, 0.25) is 16.8 Å². The predicted molar refractivity (Wildman–Crippen MR) is 119 cm³/mol. The summed E-state index contributed by atoms with van der Waals surface area (Å²) in [5, 5.41) is 6.23. The maximum absolute atomic E-state index is 12.3. The number of fused-ring (bicyclic) bond motifs is 1. The van der Waals surface area contributed by atoms with Crippen LogP contribution < -0.4 is 20.1 Å². The Bertz CT molecular complexity index is 755. The molecule has 0 radical (unpaired) electrons. The Labute approximate surface area is 181 Å². The molecule has 0 amide bonds. The number of hydrogen-bond acceptors (Lipinski definition) is 6. The van der Waals surface area contributed by atoms with Gasteiger partial charge in [-0.1, -0.05) is 6.07 Å². The van der Waals surface area contributed by atoms with Crippen molar-refractivity contribution in [2.24, 2.45) is 4.99 Å². The van der Waals surface area contributed by atoms with Crippen LogP contribution in [0.2, 0.25) is 0 Å². The first-order chi connectivity index (χ1) is 12.6. The number of hydrogen-bond donors (Lipinski definition) is 2. The van der Waals surface area contributed by atoms with Gasteiger partial charge in [0.1, 0.15) is 0 Å². The lowest BCUT2D eigenvalue weighted by molar-refractivity contribution is 0.174. The number of halogens is 1. The summed E-state index contributed by atoms with van der Waals surface area (Å²) in [4.78, 5) is 4.13. The maximum atomic E-state index is 12.3. The third-order valence-electron chi connectivity index (χ3n) is 4.14. The van der Waals surface area contributed by atoms with Crippen molar-refractivity contribution >= 4 is 51.7 Å². The van der Waals surface area contributed by atoms with Crippen LogP contribution in [0, 0.1) is 0 Å². The maximum Gasteiger partial charge on any atom is 0.231 e. The third-order valence-corrected chi connectivity index (χ3v) is 6.95. The number of aliphatic imine (C=N–C) groups is 1. The molecule has 11 heteroatoms. The highest BCUT2D eigenvalue weighted by molar-refractivity contribution is 14.0. The van der Waals surface area contributed by atoms with E-state index in [0.717, 1.165) is 28.6 Å². The van der Waals surface area contributed by atoms with Gasteiger partial charge in [0, 0.05) is 44.7 Å². The first-order valence-corrected chi connectivity index (χ1v) is 11.2. The van der Waals surface area contributed by atoms with E-state index in [4.69, 9.17) is 9.47 Å². The Morgan fingerprint density at radius 1 is 1.22 bits per heavy atom. The molecule has 2 aliphatic rings. The Kier molecular flexibility index (Phi) is 8.76. The van der Waals surface area contributed by atoms with Crippen LogP contribution in [0.15, 0.2) is 23.2 Å². The number of thioether (sulfide) groups is 1. The zero-order chi connectivity index (χ0) is 18.4. The van der Waals surface area contributed by atoms with Crippen molar-refractivity contribution < 1.29 is 17.9 Å². The summed E-state index contributed by atoms with van der Waals surface area (Å²) in [6.45, 7) is 2.31. The van der Waals surface area contributed by atoms with Gasteiger partial charge < -0.3 is 20.1 Å². The zero-order valence-corrected chi connectivity index (χ0v) is 19.1. The van der Waals surface area contributed by atoms with Gasteiger partial charge in [-0.2, -0.15) is 11.8 Å². The average Bonchev–Trinajstić information content (AvgIpc) is 3.13. The minimum Gasteiger partial charge on any atom is -0.454 e. The van der Waals surface area contributed by atoms with Crippen molar-refractivity contribution in [1.82, 2.24) is 14.9 Å². The normalized spacial score (nSPS) is 17.3. The summed E-state index contributed by atoms with van der Waals surface area (Å²) in [6, 6.07) is 5.74. The molecule has 3 rings (SSSR count). The van der Waals surface area contributed by atoms with Crippen molar-refractivity contribution in [3.8, 4) is 11.5 Å². The SMILES string of the molecule is CN=C(NCCS(=O)(=O)N1CCSCC1)NCc1ccc2c(c1)OCO2.I. The van der Waals surface area contributed by atoms with E-state index >= 15 is 0 Å². The second kappa shape index (κ2) is 10.6. The predicted octanol–water partition coefficient (Wildman–Crippen LogP) is 1.08. The molecule has 0 atom stereocenters. The monoisotopic (exact) mass is 528 g/mol. The number of sulfonamides is 1. The standard InChI is InChI=1S/C16H24N4O4S2.HI/c1-17-16(18-4-9-26(21,22)20-5-7-25-8-6-20)19-11-13-2-3-14-15(10-13)24-12-23-14;/h2-3,10H,4-9,11-12H2,1H3,(H2,17,18,19);1H. The van der Waals surface area contributed by atoms with Crippen LogP contribution in [0.3, 0.4) is 0 Å². The molecule has 1 saturated heterocycles. The molecule has 0 spiro atoms. The quantitative estimate of drug-likeness (QED) is 0.325. The molecule has 0 aromatic heterocycles. The van der Waals surface area contributed by atoms with Crippen LogP contribution in [0.4, 0.5) is 0 Å². The number of nitrogens with zero attached hydrogens (tertiary/aromatic N) is 2. The zero-order valence-electron chi connectivity index (χ0n) is 15.1. The summed E-state index contributed by atoms with van der Waals surface area (Å²) >= 11 is 1.79. The van der Waals surface area contributed by atoms with E-state index in [9.17, 15) is 8.42 Å². The minimum absolute atomic E-state index is 0. The Morgan fingerprint density at radius 3 is 2.70 bits per heavy atom. The lowest BCUT2D eigenvalue weighted by Crippen LogP contribution is -2.44. The molecular formula is C16H25IN4O4S2. The molecule has 27 heavy (non-hydrogen) atoms. The first-order valence-electron chi connectivity index (χ1n) is 8.47. The Morgan fingerprint density at radius 2 is 1.96 bits per heavy atom. The fraction of sp³-hybridized carbons (Fsp3) is 0.562. The molecule has 1 aromatic carbocycles. The molecule has 0 saturated carbocycles. The van der Waals surface area contributed by atoms with Crippen molar-refractivity contribution in [3.63, 3.8) is 0 Å². The van der Waals surface area contributed by atoms with Gasteiger partial charge in [0.05, 0.1) is 5.75 Å². The molecule has 2 aliphatic heterocycles. The van der Waals surface area contributed by atoms with Gasteiger partial charge in [0.25, 0.3) is 0 Å². The number of guanidine groups is 1. The number of rotatable bonds is 6. The van der Waals surface area contributed by atoms with Crippen LogP contribution in [0.1, 0.15) is 5.56 Å². The third kappa shape index (κ3) is 6.29. The van der Waals surface area contributed by atoms with Crippen LogP contribution in [0.25, 0.3) is 0 Å². The highest BCUT2D eigenvalue weighted by atomic mass is 127. The number of ether oxygens (including phenoxy) is 2. The molecule has 8 nitrogen and oxygen atoms in total. The lowest BCUT2D eigenvalue weighted by Gasteiger charge is -2.25. The van der Waals surface area contributed by atoms with Crippen LogP contribution in [-0.2, 0) is 16.6 Å². The topological polar surface area (TPSA) is 92.3 Å². The molecule has 1 fully saturated rings. The van der Waals surface area contributed by atoms with Crippen LogP contribution in [0.5, 0.6) is 11.5 Å². The number of nitrogens with one attached hydrogen (secondary N) is 2. The van der Waals surface area contributed by atoms with Crippen molar-refractivity contribution in [3.05, 3.63) is 23.8 Å². The molecule has 0 bridgehead atoms. The molecule has 2 N–H and O–H groups in total. The molecular weight excluding hydrogens is 503 g/mol. The van der Waals surface area contributed by atoms with Gasteiger partial charge in [0.15, 0.2) is 17.5 Å². The molecule has 1 aromatic rings. The summed E-state index contributed by atoms with van der Waals surface area (Å²) in [5.41, 5.74) is 1.02. The van der Waals surface area contributed by atoms with Gasteiger partial charge in [-0.3, -0.25) is 4.99 Å². The summed E-state index contributed by atoms with van der Waals surface area (Å²) < 4.78 is 36.9. The molecule has 0 unspecified atom stereocenters. The molecule has 152 valence electrons. The van der Waals surface area contributed by atoms with Crippen LogP contribution >= 0.6 is 35.7 Å². The average molecular weight is 528 g/mol. The van der Waals surface area contributed by atoms with Gasteiger partial charge in [-0.25, -0.2) is 12.7 Å². The highest BCUT2D eigenvalue weighted by Gasteiger charge is 2.23. The summed E-state index contributed by atoms with van der Waals surface area (Å²) in [5.74, 6) is 3.84. The number of benzene rings is 1. The van der Waals surface area contributed by atoms with E-state index < -0.39 is 10.0 Å². The lowest BCUT2D eigenvalue weighted by atomic mass is 10.2. The summed E-state index contributed by atoms with van der Waals surface area (Å²) in [6.07, 6.45) is 0. The Balaban J connectivity index is 0.00000261. The Hall–Kier alpha value is -0.920. The molecule has 2 heterocycles. The molecule has 0 aliphatic carbocycles. The van der Waals surface area contributed by atoms with E-state index in [1.54, 1.807) is 23.1 Å². The highest BCUT2D eigenvalue weighted by Crippen LogP contribution is 2.32. The first kappa shape index (κ1) is 22.4. The minimum atomic E-state index is -3.22. The van der Waals surface area contributed by atoms with E-state index in [-0.39, 0.29) is 36.5 Å². The van der Waals surface area contributed by atoms with Crippen molar-refractivity contribution in [2.75, 3.05) is 50.7 Å². The fourth-order valence-electron chi connectivity index (χ4n) is 2.71. The smallest absolute Gasteiger partial charge is 0.231 e. The van der Waals surface area contributed by atoms with Gasteiger partial charge >= 0.3 is 0 Å². The second-order valence-corrected chi connectivity index (χ2v) is 9.18. The van der Waals surface area contributed by atoms with Gasteiger partial charge in [-0.05, 0) is 17.7 Å². The van der Waals surface area contributed by atoms with E-state index in [1.807, 2.05) is 18.2 Å².